The lowest BCUT2D eigenvalue weighted by molar-refractivity contribution is 1.08. The van der Waals surface area contributed by atoms with Crippen molar-refractivity contribution in [2.75, 3.05) is 0 Å². The van der Waals surface area contributed by atoms with Gasteiger partial charge in [0.25, 0.3) is 0 Å². The van der Waals surface area contributed by atoms with Crippen molar-refractivity contribution >= 4 is 207 Å². The van der Waals surface area contributed by atoms with E-state index in [2.05, 4.69) is 412 Å². The molecule has 31 rings (SSSR count). The summed E-state index contributed by atoms with van der Waals surface area (Å²) in [6.07, 6.45) is 13.6. The Morgan fingerprint density at radius 3 is 0.986 bits per heavy atom. The van der Waals surface area contributed by atoms with Crippen LogP contribution in [0.3, 0.4) is 0 Å². The fraction of sp³-hybridized carbons (Fsp3) is 0. The number of fused-ring (bicyclic) bond motifs is 35. The molecule has 0 aliphatic heterocycles. The number of benzene rings is 18. The summed E-state index contributed by atoms with van der Waals surface area (Å²) in [7, 11) is 0. The Bertz CT molecular complexity index is 10600. The topological polar surface area (TPSA) is 146 Å². The van der Waals surface area contributed by atoms with E-state index in [0.29, 0.717) is 11.6 Å². The molecule has 13 aromatic heterocycles. The van der Waals surface area contributed by atoms with Gasteiger partial charge in [0, 0.05) is 185 Å². The third-order valence-electron chi connectivity index (χ3n) is 28.5. The lowest BCUT2D eigenvalue weighted by atomic mass is 10.0. The summed E-state index contributed by atoms with van der Waals surface area (Å²) in [5, 5.41) is 25.4. The monoisotopic (exact) mass is 1810 g/mol. The number of nitrogens with zero attached hydrogens (tertiary/aromatic N) is 15. The molecule has 0 aliphatic carbocycles. The zero-order chi connectivity index (χ0) is 93.1. The first-order chi connectivity index (χ1) is 70.6. The number of rotatable bonds is 9. The van der Waals surface area contributed by atoms with Crippen LogP contribution >= 0.6 is 0 Å². The summed E-state index contributed by atoms with van der Waals surface area (Å²) in [6.45, 7) is 0. The Kier molecular flexibility index (Phi) is 18.0. The maximum atomic E-state index is 5.38. The molecule has 0 spiro atoms. The minimum Gasteiger partial charge on any atom is -0.308 e. The molecular formula is C127H77N15. The van der Waals surface area contributed by atoms with Crippen LogP contribution in [0.1, 0.15) is 0 Å². The highest BCUT2D eigenvalue weighted by molar-refractivity contribution is 6.40. The van der Waals surface area contributed by atoms with Crippen LogP contribution < -0.4 is 0 Å². The first-order valence-electron chi connectivity index (χ1n) is 47.8. The van der Waals surface area contributed by atoms with Gasteiger partial charge in [0.05, 0.1) is 94.0 Å². The van der Waals surface area contributed by atoms with Crippen molar-refractivity contribution in [1.29, 1.82) is 0 Å². The molecule has 0 atom stereocenters. The normalized spacial score (nSPS) is 11.9. The van der Waals surface area contributed by atoms with Gasteiger partial charge in [-0.25, -0.2) is 24.9 Å². The number of pyridine rings is 5. The van der Waals surface area contributed by atoms with Crippen LogP contribution in [0.4, 0.5) is 0 Å². The zero-order valence-electron chi connectivity index (χ0n) is 76.2. The second kappa shape index (κ2) is 32.1. The van der Waals surface area contributed by atoms with Gasteiger partial charge in [-0.05, 0) is 156 Å². The SMILES string of the molecule is c1ccc(-c2nc(-c3ccccc3)c3cc(-n4c5ccccc5c5c6ccncc6c6c(c7ccccc7n6-c6ccccc6)c54)ccc3n2)cc1.c1ccc(-c2nc(-n3c4ccccc4c4c5ccncc5c5c(c6ccccc6n5-c5ccccc5)c43)c3ccccc3n2)cc1.c1ccc(-n2c3ccccc3c3c2c2cnccc2c2c4ccccc4n(-c4ccc5ccc6cccnc6c5n4)c23)cc1. The Labute approximate surface area is 810 Å². The van der Waals surface area contributed by atoms with E-state index in [1.807, 2.05) is 98.0 Å². The molecule has 0 fully saturated rings. The van der Waals surface area contributed by atoms with E-state index in [1.165, 1.54) is 80.9 Å². The molecule has 13 heterocycles. The molecule has 0 radical (unpaired) electrons. The molecule has 0 saturated heterocycles. The molecule has 15 nitrogen and oxygen atoms in total. The van der Waals surface area contributed by atoms with Crippen molar-refractivity contribution in [3.63, 3.8) is 0 Å². The van der Waals surface area contributed by atoms with Crippen molar-refractivity contribution in [3.05, 3.63) is 468 Å². The highest BCUT2D eigenvalue weighted by Crippen LogP contribution is 2.52. The van der Waals surface area contributed by atoms with E-state index in [4.69, 9.17) is 29.9 Å². The molecule has 0 aliphatic rings. The van der Waals surface area contributed by atoms with Gasteiger partial charge in [-0.1, -0.05) is 285 Å². The van der Waals surface area contributed by atoms with E-state index < -0.39 is 0 Å². The Hall–Kier alpha value is -19.5. The molecule has 31 aromatic rings. The van der Waals surface area contributed by atoms with Gasteiger partial charge in [-0.2, -0.15) is 0 Å². The molecule has 142 heavy (non-hydrogen) atoms. The van der Waals surface area contributed by atoms with Gasteiger partial charge < -0.3 is 18.3 Å². The number of hydrogen-bond donors (Lipinski definition) is 0. The Morgan fingerprint density at radius 1 is 0.183 bits per heavy atom. The van der Waals surface area contributed by atoms with Crippen molar-refractivity contribution in [2.24, 2.45) is 0 Å². The van der Waals surface area contributed by atoms with Crippen molar-refractivity contribution in [2.45, 2.75) is 0 Å². The minimum absolute atomic E-state index is 0.702. The average molecular weight is 1810 g/mol. The predicted octanol–water partition coefficient (Wildman–Crippen LogP) is 31.3. The molecular weight excluding hydrogens is 1740 g/mol. The molecule has 15 heteroatoms. The summed E-state index contributed by atoms with van der Waals surface area (Å²) in [5.41, 5.74) is 25.6. The molecule has 0 bridgehead atoms. The second-order valence-electron chi connectivity index (χ2n) is 36.2. The van der Waals surface area contributed by atoms with Crippen LogP contribution in [0, 0.1) is 0 Å². The third-order valence-corrected chi connectivity index (χ3v) is 28.5. The molecule has 0 N–H and O–H groups in total. The summed E-state index contributed by atoms with van der Waals surface area (Å²) >= 11 is 0. The van der Waals surface area contributed by atoms with E-state index >= 15 is 0 Å². The van der Waals surface area contributed by atoms with Crippen LogP contribution in [0.2, 0.25) is 0 Å². The molecule has 0 saturated carbocycles. The van der Waals surface area contributed by atoms with Gasteiger partial charge >= 0.3 is 0 Å². The van der Waals surface area contributed by atoms with E-state index in [1.54, 1.807) is 0 Å². The van der Waals surface area contributed by atoms with Crippen LogP contribution in [0.15, 0.2) is 468 Å². The van der Waals surface area contributed by atoms with Crippen LogP contribution in [-0.4, -0.2) is 72.3 Å². The maximum absolute atomic E-state index is 5.38. The average Bonchev–Trinajstić information content (AvgIpc) is 1.53. The van der Waals surface area contributed by atoms with E-state index in [9.17, 15) is 0 Å². The van der Waals surface area contributed by atoms with E-state index in [-0.39, 0.29) is 0 Å². The molecule has 660 valence electrons. The molecule has 0 unspecified atom stereocenters. The number of hydrogen-bond acceptors (Lipinski definition) is 9. The van der Waals surface area contributed by atoms with Crippen LogP contribution in [0.25, 0.3) is 275 Å². The van der Waals surface area contributed by atoms with Crippen LogP contribution in [-0.2, 0) is 0 Å². The fourth-order valence-corrected chi connectivity index (χ4v) is 22.7. The van der Waals surface area contributed by atoms with Crippen molar-refractivity contribution in [3.8, 4) is 68.4 Å². The first kappa shape index (κ1) is 79.8. The lowest BCUT2D eigenvalue weighted by Gasteiger charge is -2.14. The second-order valence-corrected chi connectivity index (χ2v) is 36.2. The van der Waals surface area contributed by atoms with Gasteiger partial charge in [0.2, 0.25) is 0 Å². The van der Waals surface area contributed by atoms with Crippen molar-refractivity contribution in [1.82, 2.24) is 72.3 Å². The predicted molar refractivity (Wildman–Crippen MR) is 584 cm³/mol. The standard InChI is InChI=1S/C47H29N5.C41H25N5.C39H23N5/c1-4-14-30(15-5-1)44-37-28-33(24-25-39(37)49-47(50-44)31-16-6-2-7-17-31)52-40-22-12-10-20-35(40)42-34-26-27-48-29-38(34)45-43(46(42)52)36-21-11-13-23-41(36)51(45)32-18-8-3-9-19-32;1-3-13-26(14-4-1)40-43-33-20-10-7-17-29(33)41(44-40)46-35-22-12-8-18-30(35)36-28-23-24-42-25-32(28)38-37(39(36)46)31-19-9-11-21-34(31)45(38)27-15-5-2-6-16-27;1-2-10-26(11-3-1)43-31-14-6-5-13-29(31)35-38(43)30-23-40-22-20-27(30)34-28-12-4-7-15-32(28)44(39(34)35)33-19-18-25-17-16-24-9-8-21-41-36(24)37(25)42-33/h1-29H;1-25H;1-23H. The fourth-order valence-electron chi connectivity index (χ4n) is 22.7. The summed E-state index contributed by atoms with van der Waals surface area (Å²) < 4.78 is 14.4. The summed E-state index contributed by atoms with van der Waals surface area (Å²) in [6, 6.07) is 149. The van der Waals surface area contributed by atoms with Crippen molar-refractivity contribution < 1.29 is 0 Å². The smallest absolute Gasteiger partial charge is 0.162 e. The highest BCUT2D eigenvalue weighted by Gasteiger charge is 2.31. The summed E-state index contributed by atoms with van der Waals surface area (Å²) in [4.78, 5) is 44.9. The van der Waals surface area contributed by atoms with E-state index in [0.717, 1.165) is 183 Å². The Balaban J connectivity index is 0.000000102. The largest absolute Gasteiger partial charge is 0.308 e. The first-order valence-corrected chi connectivity index (χ1v) is 47.8. The third kappa shape index (κ3) is 12.1. The van der Waals surface area contributed by atoms with Gasteiger partial charge in [-0.3, -0.25) is 29.1 Å². The lowest BCUT2D eigenvalue weighted by Crippen LogP contribution is -2.03. The highest BCUT2D eigenvalue weighted by atomic mass is 15.1. The summed E-state index contributed by atoms with van der Waals surface area (Å²) in [5.74, 6) is 3.15. The quantitative estimate of drug-likeness (QED) is 0.129. The number of para-hydroxylation sites is 10. The minimum atomic E-state index is 0.702. The molecule has 18 aromatic carbocycles. The zero-order valence-corrected chi connectivity index (χ0v) is 76.2. The van der Waals surface area contributed by atoms with Gasteiger partial charge in [0.15, 0.2) is 11.6 Å². The number of aromatic nitrogens is 15. The van der Waals surface area contributed by atoms with Gasteiger partial charge in [0.1, 0.15) is 11.6 Å². The maximum Gasteiger partial charge on any atom is 0.162 e. The van der Waals surface area contributed by atoms with Gasteiger partial charge in [-0.15, -0.1) is 0 Å². The molecule has 0 amide bonds. The Morgan fingerprint density at radius 2 is 0.528 bits per heavy atom. The van der Waals surface area contributed by atoms with Crippen LogP contribution in [0.5, 0.6) is 0 Å².